The molecule has 32 heavy (non-hydrogen) atoms. The molecule has 1 rings (SSSR count). The molecule has 1 aromatic carbocycles. The molecule has 0 heterocycles. The summed E-state index contributed by atoms with van der Waals surface area (Å²) < 4.78 is 29.2. The summed E-state index contributed by atoms with van der Waals surface area (Å²) in [6.45, 7) is 10.6. The highest BCUT2D eigenvalue weighted by Gasteiger charge is 2.30. The minimum atomic E-state index is -4.10. The van der Waals surface area contributed by atoms with Crippen molar-refractivity contribution in [1.82, 2.24) is 0 Å². The molecular weight excluding hydrogens is 477 g/mol. The van der Waals surface area contributed by atoms with Gasteiger partial charge in [-0.25, -0.2) is 4.57 Å². The maximum Gasteiger partial charge on any atom is 0.530 e. The lowest BCUT2D eigenvalue weighted by Gasteiger charge is -2.20. The Morgan fingerprint density at radius 1 is 0.906 bits per heavy atom. The highest BCUT2D eigenvalue weighted by atomic mass is 32.2. The summed E-state index contributed by atoms with van der Waals surface area (Å²) in [5, 5.41) is 10.7. The lowest BCUT2D eigenvalue weighted by molar-refractivity contribution is -0.384. The first-order valence-electron chi connectivity index (χ1n) is 9.82. The van der Waals surface area contributed by atoms with Crippen LogP contribution in [0.5, 0.6) is 5.75 Å². The fraction of sp³-hybridized carbons (Fsp3) is 0.600. The van der Waals surface area contributed by atoms with Crippen molar-refractivity contribution >= 4 is 47.3 Å². The smallest absolute Gasteiger partial charge is 0.404 e. The van der Waals surface area contributed by atoms with Crippen molar-refractivity contribution in [2.45, 2.75) is 41.5 Å². The van der Waals surface area contributed by atoms with E-state index in [1.807, 2.05) is 0 Å². The van der Waals surface area contributed by atoms with Crippen LogP contribution in [0, 0.1) is 20.9 Å². The lowest BCUT2D eigenvalue weighted by atomic mass is 9.99. The third-order valence-corrected chi connectivity index (χ3v) is 7.54. The standard InChI is InChI=1S/C20H30NO8PS2/c1-19(2,3)17(22)31-13-11-27-30(26,28-12-14-32-18(23)20(4,5)6)29-16-9-7-15(8-10-16)21(24)25/h7-10H,11-14H2,1-6H3. The second-order valence-electron chi connectivity index (χ2n) is 8.73. The Bertz CT molecular complexity index is 809. The molecule has 0 unspecified atom stereocenters. The second kappa shape index (κ2) is 12.2. The Kier molecular flexibility index (Phi) is 10.9. The van der Waals surface area contributed by atoms with Crippen molar-refractivity contribution in [1.29, 1.82) is 0 Å². The third-order valence-electron chi connectivity index (χ3n) is 3.62. The Morgan fingerprint density at radius 3 is 1.66 bits per heavy atom. The Balaban J connectivity index is 2.75. The highest BCUT2D eigenvalue weighted by molar-refractivity contribution is 8.14. The molecule has 0 aliphatic heterocycles. The van der Waals surface area contributed by atoms with E-state index in [9.17, 15) is 24.3 Å². The number of carbonyl (C=O) groups is 2. The Labute approximate surface area is 197 Å². The molecule has 0 saturated heterocycles. The second-order valence-corrected chi connectivity index (χ2v) is 12.5. The number of thioether (sulfide) groups is 2. The van der Waals surface area contributed by atoms with Gasteiger partial charge in [0.05, 0.1) is 18.1 Å². The number of rotatable bonds is 11. The summed E-state index contributed by atoms with van der Waals surface area (Å²) in [7, 11) is -4.10. The number of benzene rings is 1. The molecule has 0 radical (unpaired) electrons. The quantitative estimate of drug-likeness (QED) is 0.159. The SMILES string of the molecule is CC(C)(C)C(=O)SCCOP(=O)(OCCSC(=O)C(C)(C)C)Oc1ccc([N+](=O)[O-])cc1. The van der Waals surface area contributed by atoms with E-state index < -0.39 is 23.6 Å². The topological polar surface area (TPSA) is 122 Å². The van der Waals surface area contributed by atoms with Gasteiger partial charge in [-0.1, -0.05) is 65.1 Å². The molecule has 180 valence electrons. The van der Waals surface area contributed by atoms with E-state index in [4.69, 9.17) is 13.6 Å². The Hall–Kier alpha value is -1.39. The van der Waals surface area contributed by atoms with Crippen molar-refractivity contribution in [2.24, 2.45) is 10.8 Å². The van der Waals surface area contributed by atoms with E-state index in [0.717, 1.165) is 23.5 Å². The Morgan fingerprint density at radius 2 is 1.31 bits per heavy atom. The number of nitro groups is 1. The van der Waals surface area contributed by atoms with Gasteiger partial charge >= 0.3 is 7.82 Å². The summed E-state index contributed by atoms with van der Waals surface area (Å²) in [4.78, 5) is 34.2. The van der Waals surface area contributed by atoms with Crippen LogP contribution in [0.25, 0.3) is 0 Å². The van der Waals surface area contributed by atoms with Gasteiger partial charge < -0.3 is 4.52 Å². The van der Waals surface area contributed by atoms with Gasteiger partial charge in [-0.2, -0.15) is 0 Å². The zero-order valence-corrected chi connectivity index (χ0v) is 21.6. The van der Waals surface area contributed by atoms with Gasteiger partial charge in [-0.05, 0) is 12.1 Å². The van der Waals surface area contributed by atoms with Gasteiger partial charge in [0.1, 0.15) is 5.75 Å². The van der Waals surface area contributed by atoms with E-state index in [2.05, 4.69) is 0 Å². The van der Waals surface area contributed by atoms with Crippen LogP contribution in [0.15, 0.2) is 24.3 Å². The summed E-state index contributed by atoms with van der Waals surface area (Å²) in [6, 6.07) is 4.98. The third kappa shape index (κ3) is 10.5. The van der Waals surface area contributed by atoms with Crippen LogP contribution in [0.1, 0.15) is 41.5 Å². The zero-order valence-electron chi connectivity index (χ0n) is 19.1. The summed E-state index contributed by atoms with van der Waals surface area (Å²) in [6.07, 6.45) is 0. The fourth-order valence-corrected chi connectivity index (χ4v) is 4.85. The van der Waals surface area contributed by atoms with Crippen LogP contribution in [0.3, 0.4) is 0 Å². The number of phosphoric ester groups is 1. The average molecular weight is 508 g/mol. The summed E-state index contributed by atoms with van der Waals surface area (Å²) >= 11 is 2.10. The maximum absolute atomic E-state index is 13.1. The highest BCUT2D eigenvalue weighted by Crippen LogP contribution is 2.50. The molecule has 0 aliphatic carbocycles. The molecule has 1 aromatic rings. The number of hydrogen-bond acceptors (Lipinski definition) is 10. The van der Waals surface area contributed by atoms with Crippen molar-refractivity contribution in [3.8, 4) is 5.75 Å². The predicted octanol–water partition coefficient (Wildman–Crippen LogP) is 5.73. The largest absolute Gasteiger partial charge is 0.530 e. The van der Waals surface area contributed by atoms with Crippen LogP contribution in [0.2, 0.25) is 0 Å². The monoisotopic (exact) mass is 507 g/mol. The lowest BCUT2D eigenvalue weighted by Crippen LogP contribution is -2.18. The molecule has 9 nitrogen and oxygen atoms in total. The number of carbonyl (C=O) groups excluding carboxylic acids is 2. The average Bonchev–Trinajstić information content (AvgIpc) is 2.67. The van der Waals surface area contributed by atoms with Gasteiger partial charge in [-0.15, -0.1) is 0 Å². The van der Waals surface area contributed by atoms with E-state index in [-0.39, 0.29) is 46.4 Å². The fourth-order valence-electron chi connectivity index (χ4n) is 1.85. The predicted molar refractivity (Wildman–Crippen MR) is 127 cm³/mol. The van der Waals surface area contributed by atoms with Gasteiger partial charge in [0, 0.05) is 34.5 Å². The molecule has 0 aromatic heterocycles. The molecule has 0 spiro atoms. The number of nitrogens with zero attached hydrogens (tertiary/aromatic N) is 1. The molecule has 12 heteroatoms. The molecule has 0 fully saturated rings. The minimum Gasteiger partial charge on any atom is -0.404 e. The van der Waals surface area contributed by atoms with Crippen LogP contribution in [-0.2, 0) is 23.2 Å². The van der Waals surface area contributed by atoms with Crippen molar-refractivity contribution in [2.75, 3.05) is 24.7 Å². The number of hydrogen-bond donors (Lipinski definition) is 0. The maximum atomic E-state index is 13.1. The van der Waals surface area contributed by atoms with Gasteiger partial charge in [0.15, 0.2) is 10.2 Å². The van der Waals surface area contributed by atoms with E-state index >= 15 is 0 Å². The normalized spacial score (nSPS) is 12.4. The molecule has 0 amide bonds. The molecular formula is C20H30NO8PS2. The van der Waals surface area contributed by atoms with Crippen LogP contribution in [-0.4, -0.2) is 39.9 Å². The number of nitro benzene ring substituents is 1. The van der Waals surface area contributed by atoms with E-state index in [0.29, 0.717) is 0 Å². The van der Waals surface area contributed by atoms with Gasteiger partial charge in [0.25, 0.3) is 5.69 Å². The first-order chi connectivity index (χ1) is 14.6. The van der Waals surface area contributed by atoms with Gasteiger partial charge in [-0.3, -0.25) is 28.8 Å². The van der Waals surface area contributed by atoms with E-state index in [1.54, 1.807) is 41.5 Å². The molecule has 0 aliphatic rings. The van der Waals surface area contributed by atoms with Gasteiger partial charge in [0.2, 0.25) is 0 Å². The van der Waals surface area contributed by atoms with Crippen molar-refractivity contribution in [3.63, 3.8) is 0 Å². The minimum absolute atomic E-state index is 0.0368. The van der Waals surface area contributed by atoms with Crippen LogP contribution >= 0.6 is 31.3 Å². The van der Waals surface area contributed by atoms with Crippen LogP contribution in [0.4, 0.5) is 5.69 Å². The summed E-state index contributed by atoms with van der Waals surface area (Å²) in [5.41, 5.74) is -1.18. The first kappa shape index (κ1) is 28.6. The molecule has 0 saturated carbocycles. The van der Waals surface area contributed by atoms with Crippen molar-refractivity contribution < 1.29 is 32.6 Å². The summed E-state index contributed by atoms with van der Waals surface area (Å²) in [5.74, 6) is 0.546. The number of non-ortho nitro benzene ring substituents is 1. The molecule has 0 bridgehead atoms. The van der Waals surface area contributed by atoms with E-state index in [1.165, 1.54) is 24.3 Å². The van der Waals surface area contributed by atoms with Crippen LogP contribution < -0.4 is 4.52 Å². The first-order valence-corrected chi connectivity index (χ1v) is 13.2. The molecule has 0 N–H and O–H groups in total. The molecule has 0 atom stereocenters. The number of phosphoric acid groups is 1. The zero-order chi connectivity index (χ0) is 24.6. The van der Waals surface area contributed by atoms with Crippen molar-refractivity contribution in [3.05, 3.63) is 34.4 Å².